The molecule has 0 aromatic carbocycles. The van der Waals surface area contributed by atoms with Crippen molar-refractivity contribution in [3.05, 3.63) is 12.2 Å². The van der Waals surface area contributed by atoms with Gasteiger partial charge in [0, 0.05) is 19.5 Å². The highest BCUT2D eigenvalue weighted by Crippen LogP contribution is 2.26. The molecule has 8 nitrogen and oxygen atoms in total. The largest absolute Gasteiger partial charge is 0.481 e. The van der Waals surface area contributed by atoms with Crippen LogP contribution in [-0.4, -0.2) is 44.1 Å². The molecule has 1 heterocycles. The summed E-state index contributed by atoms with van der Waals surface area (Å²) in [5, 5.41) is 16.3. The Balaban J connectivity index is 2.87. The van der Waals surface area contributed by atoms with E-state index in [0.29, 0.717) is 18.8 Å². The molecule has 1 aromatic rings. The zero-order chi connectivity index (χ0) is 17.7. The Hall–Kier alpha value is -2.12. The highest BCUT2D eigenvalue weighted by atomic mass is 16.6. The Bertz CT molecular complexity index is 550. The number of nitrogens with one attached hydrogen (secondary N) is 1. The van der Waals surface area contributed by atoms with E-state index in [-0.39, 0.29) is 13.0 Å². The maximum atomic E-state index is 11.8. The topological polar surface area (TPSA) is 106 Å². The van der Waals surface area contributed by atoms with E-state index < -0.39 is 23.1 Å². The van der Waals surface area contributed by atoms with E-state index in [1.165, 1.54) is 6.33 Å². The van der Waals surface area contributed by atoms with Crippen molar-refractivity contribution >= 4 is 12.1 Å². The molecular weight excluding hydrogens is 300 g/mol. The van der Waals surface area contributed by atoms with Gasteiger partial charge >= 0.3 is 12.1 Å². The minimum atomic E-state index is -1.16. The molecule has 0 aliphatic rings. The predicted molar refractivity (Wildman–Crippen MR) is 84.0 cm³/mol. The molecule has 1 atom stereocenters. The van der Waals surface area contributed by atoms with Gasteiger partial charge < -0.3 is 15.2 Å². The molecule has 23 heavy (non-hydrogen) atoms. The summed E-state index contributed by atoms with van der Waals surface area (Å²) in [5.74, 6) is -0.399. The monoisotopic (exact) mass is 326 g/mol. The van der Waals surface area contributed by atoms with Crippen molar-refractivity contribution in [2.24, 2.45) is 5.41 Å². The summed E-state index contributed by atoms with van der Waals surface area (Å²) in [6.07, 6.45) is 1.30. The third-order valence-corrected chi connectivity index (χ3v) is 3.59. The van der Waals surface area contributed by atoms with Crippen LogP contribution in [0.25, 0.3) is 0 Å². The smallest absolute Gasteiger partial charge is 0.407 e. The molecule has 1 unspecified atom stereocenters. The Kier molecular flexibility index (Phi) is 6.12. The van der Waals surface area contributed by atoms with Gasteiger partial charge in [-0.2, -0.15) is 5.10 Å². The van der Waals surface area contributed by atoms with Crippen LogP contribution in [0.5, 0.6) is 0 Å². The van der Waals surface area contributed by atoms with Gasteiger partial charge in [0.05, 0.1) is 5.41 Å². The van der Waals surface area contributed by atoms with Crippen molar-refractivity contribution < 1.29 is 19.4 Å². The number of amides is 1. The summed E-state index contributed by atoms with van der Waals surface area (Å²) in [7, 11) is 0. The molecule has 2 N–H and O–H groups in total. The summed E-state index contributed by atoms with van der Waals surface area (Å²) in [6, 6.07) is 0. The molecule has 8 heteroatoms. The molecule has 0 fully saturated rings. The van der Waals surface area contributed by atoms with Crippen molar-refractivity contribution in [2.45, 2.75) is 59.6 Å². The van der Waals surface area contributed by atoms with Crippen molar-refractivity contribution in [2.75, 3.05) is 6.54 Å². The SMILES string of the molecule is CCn1ncnc1CC(CC)(CNC(=O)OC(C)(C)C)C(=O)O. The van der Waals surface area contributed by atoms with Crippen LogP contribution in [0.1, 0.15) is 46.9 Å². The van der Waals surface area contributed by atoms with Crippen molar-refractivity contribution in [3.63, 3.8) is 0 Å². The number of hydrogen-bond acceptors (Lipinski definition) is 5. The van der Waals surface area contributed by atoms with Gasteiger partial charge in [-0.05, 0) is 34.1 Å². The average Bonchev–Trinajstić information content (AvgIpc) is 2.88. The van der Waals surface area contributed by atoms with E-state index in [4.69, 9.17) is 4.74 Å². The second kappa shape index (κ2) is 7.43. The van der Waals surface area contributed by atoms with Crippen molar-refractivity contribution in [1.82, 2.24) is 20.1 Å². The number of aliphatic carboxylic acids is 1. The van der Waals surface area contributed by atoms with Crippen molar-refractivity contribution in [1.29, 1.82) is 0 Å². The second-order valence-corrected chi connectivity index (χ2v) is 6.46. The molecule has 0 saturated carbocycles. The molecule has 0 radical (unpaired) electrons. The number of alkyl carbamates (subject to hydrolysis) is 1. The van der Waals surface area contributed by atoms with E-state index in [9.17, 15) is 14.7 Å². The van der Waals surface area contributed by atoms with Gasteiger partial charge in [-0.3, -0.25) is 9.48 Å². The van der Waals surface area contributed by atoms with Gasteiger partial charge in [-0.1, -0.05) is 6.92 Å². The van der Waals surface area contributed by atoms with E-state index >= 15 is 0 Å². The first-order chi connectivity index (χ1) is 10.6. The van der Waals surface area contributed by atoms with Gasteiger partial charge in [-0.25, -0.2) is 9.78 Å². The highest BCUT2D eigenvalue weighted by Gasteiger charge is 2.39. The van der Waals surface area contributed by atoms with Crippen LogP contribution >= 0.6 is 0 Å². The zero-order valence-electron chi connectivity index (χ0n) is 14.4. The minimum Gasteiger partial charge on any atom is -0.481 e. The summed E-state index contributed by atoms with van der Waals surface area (Å²) < 4.78 is 6.81. The number of hydrogen-bond donors (Lipinski definition) is 2. The third kappa shape index (κ3) is 5.22. The van der Waals surface area contributed by atoms with Crippen LogP contribution in [0.4, 0.5) is 4.79 Å². The molecule has 0 aliphatic carbocycles. The summed E-state index contributed by atoms with van der Waals surface area (Å²) >= 11 is 0. The highest BCUT2D eigenvalue weighted by molar-refractivity contribution is 5.76. The number of ether oxygens (including phenoxy) is 1. The molecule has 0 saturated heterocycles. The summed E-state index contributed by atoms with van der Waals surface area (Å²) in [5.41, 5.74) is -1.79. The number of rotatable bonds is 7. The molecular formula is C15H26N4O4. The molecule has 1 aromatic heterocycles. The third-order valence-electron chi connectivity index (χ3n) is 3.59. The fraction of sp³-hybridized carbons (Fsp3) is 0.733. The van der Waals surface area contributed by atoms with Crippen LogP contribution in [0.2, 0.25) is 0 Å². The lowest BCUT2D eigenvalue weighted by Gasteiger charge is -2.29. The average molecular weight is 326 g/mol. The second-order valence-electron chi connectivity index (χ2n) is 6.46. The number of carboxylic acids is 1. The number of carbonyl (C=O) groups is 2. The van der Waals surface area contributed by atoms with Crippen LogP contribution < -0.4 is 5.32 Å². The first-order valence-corrected chi connectivity index (χ1v) is 7.70. The van der Waals surface area contributed by atoms with Gasteiger partial charge in [0.15, 0.2) is 0 Å². The van der Waals surface area contributed by atoms with E-state index in [2.05, 4.69) is 15.4 Å². The summed E-state index contributed by atoms with van der Waals surface area (Å²) in [4.78, 5) is 27.8. The lowest BCUT2D eigenvalue weighted by molar-refractivity contribution is -0.149. The fourth-order valence-electron chi connectivity index (χ4n) is 2.16. The number of carbonyl (C=O) groups excluding carboxylic acids is 1. The molecule has 0 aliphatic heterocycles. The molecule has 0 bridgehead atoms. The predicted octanol–water partition coefficient (Wildman–Crippen LogP) is 1.85. The Morgan fingerprint density at radius 1 is 1.35 bits per heavy atom. The lowest BCUT2D eigenvalue weighted by Crippen LogP contribution is -2.46. The summed E-state index contributed by atoms with van der Waals surface area (Å²) in [6.45, 7) is 9.50. The fourth-order valence-corrected chi connectivity index (χ4v) is 2.16. The molecule has 0 spiro atoms. The Morgan fingerprint density at radius 2 is 2.00 bits per heavy atom. The normalized spacial score (nSPS) is 14.1. The molecule has 1 rings (SSSR count). The van der Waals surface area contributed by atoms with Crippen LogP contribution in [0.3, 0.4) is 0 Å². The van der Waals surface area contributed by atoms with Gasteiger partial charge in [0.25, 0.3) is 0 Å². The van der Waals surface area contributed by atoms with Gasteiger partial charge in [0.2, 0.25) is 0 Å². The first-order valence-electron chi connectivity index (χ1n) is 7.70. The zero-order valence-corrected chi connectivity index (χ0v) is 14.4. The Labute approximate surface area is 136 Å². The number of aryl methyl sites for hydroxylation is 1. The van der Waals surface area contributed by atoms with Crippen LogP contribution in [0.15, 0.2) is 6.33 Å². The number of carboxylic acid groups (broad SMARTS) is 1. The van der Waals surface area contributed by atoms with E-state index in [1.54, 1.807) is 32.4 Å². The first kappa shape index (κ1) is 18.9. The van der Waals surface area contributed by atoms with Gasteiger partial charge in [-0.15, -0.1) is 0 Å². The standard InChI is InChI=1S/C15H26N4O4/c1-6-15(12(20)21,8-11-17-10-18-19(11)7-2)9-16-13(22)23-14(3,4)5/h10H,6-9H2,1-5H3,(H,16,22)(H,20,21). The Morgan fingerprint density at radius 3 is 2.48 bits per heavy atom. The minimum absolute atomic E-state index is 0.0374. The quantitative estimate of drug-likeness (QED) is 0.792. The lowest BCUT2D eigenvalue weighted by atomic mass is 9.81. The number of nitrogens with zero attached hydrogens (tertiary/aromatic N) is 3. The van der Waals surface area contributed by atoms with E-state index in [1.807, 2.05) is 6.92 Å². The number of aromatic nitrogens is 3. The van der Waals surface area contributed by atoms with E-state index in [0.717, 1.165) is 0 Å². The molecule has 130 valence electrons. The van der Waals surface area contributed by atoms with Crippen LogP contribution in [-0.2, 0) is 22.5 Å². The van der Waals surface area contributed by atoms with Crippen molar-refractivity contribution in [3.8, 4) is 0 Å². The maximum absolute atomic E-state index is 11.8. The van der Waals surface area contributed by atoms with Crippen LogP contribution in [0, 0.1) is 5.41 Å². The molecule has 1 amide bonds. The van der Waals surface area contributed by atoms with Gasteiger partial charge in [0.1, 0.15) is 17.8 Å². The maximum Gasteiger partial charge on any atom is 0.407 e.